The Bertz CT molecular complexity index is 1800. The number of hydrogen-bond acceptors (Lipinski definition) is 13. The first kappa shape index (κ1) is 65.6. The van der Waals surface area contributed by atoms with Crippen LogP contribution >= 0.6 is 0 Å². The molecule has 0 aromatic heterocycles. The number of carbonyl (C=O) groups is 2. The highest BCUT2D eigenvalue weighted by Gasteiger charge is 2.56. The van der Waals surface area contributed by atoms with Gasteiger partial charge in [0.2, 0.25) is 0 Å². The zero-order valence-electron chi connectivity index (χ0n) is 50.7. The predicted octanol–water partition coefficient (Wildman–Crippen LogP) is 13.1. The fraction of sp³-hybridized carbons (Fsp3) is 0.931. The summed E-state index contributed by atoms with van der Waals surface area (Å²) in [5.74, 6) is -3.93. The fourth-order valence-corrected chi connectivity index (χ4v) is 23.2. The highest BCUT2D eigenvalue weighted by molar-refractivity contribution is 6.77. The van der Waals surface area contributed by atoms with Gasteiger partial charge in [0, 0.05) is 76.7 Å². The third-order valence-corrected chi connectivity index (χ3v) is 33.6. The number of rotatable bonds is 24. The van der Waals surface area contributed by atoms with Crippen molar-refractivity contribution >= 4 is 36.7 Å². The predicted molar refractivity (Wildman–Crippen MR) is 303 cm³/mol. The topological polar surface area (TPSA) is 158 Å². The molecule has 4 aliphatic rings. The van der Waals surface area contributed by atoms with E-state index in [4.69, 9.17) is 41.7 Å². The number of ketones is 1. The van der Waals surface area contributed by atoms with Crippen molar-refractivity contribution in [2.75, 3.05) is 13.7 Å². The molecule has 0 amide bonds. The molecule has 0 saturated carbocycles. The summed E-state index contributed by atoms with van der Waals surface area (Å²) in [6.45, 7) is 48.2. The van der Waals surface area contributed by atoms with Crippen molar-refractivity contribution < 1.29 is 61.5 Å². The minimum absolute atomic E-state index is 0.00474. The van der Waals surface area contributed by atoms with Crippen molar-refractivity contribution in [1.82, 2.24) is 0 Å². The highest BCUT2D eigenvalue weighted by atomic mass is 28.4. The van der Waals surface area contributed by atoms with Crippen molar-refractivity contribution in [3.05, 3.63) is 12.2 Å². The van der Waals surface area contributed by atoms with Crippen LogP contribution in [-0.4, -0.2) is 132 Å². The van der Waals surface area contributed by atoms with Crippen molar-refractivity contribution in [3.63, 3.8) is 0 Å². The first-order valence-electron chi connectivity index (χ1n) is 29.0. The van der Waals surface area contributed by atoms with Gasteiger partial charge < -0.3 is 51.9 Å². The molecule has 4 saturated heterocycles. The third kappa shape index (κ3) is 16.6. The summed E-state index contributed by atoms with van der Waals surface area (Å²) in [6, 6.07) is 2.89. The maximum absolute atomic E-state index is 14.5. The Hall–Kier alpha value is -0.869. The Balaban J connectivity index is 1.55. The number of esters is 1. The summed E-state index contributed by atoms with van der Waals surface area (Å²) in [5, 5.41) is 23.5. The van der Waals surface area contributed by atoms with E-state index in [-0.39, 0.29) is 60.8 Å². The van der Waals surface area contributed by atoms with Gasteiger partial charge in [-0.3, -0.25) is 9.59 Å². The van der Waals surface area contributed by atoms with Crippen LogP contribution in [0.1, 0.15) is 195 Å². The van der Waals surface area contributed by atoms with E-state index in [1.807, 2.05) is 27.7 Å². The lowest BCUT2D eigenvalue weighted by molar-refractivity contribution is -0.347. The fourth-order valence-electron chi connectivity index (χ4n) is 13.3. The molecule has 74 heavy (non-hydrogen) atoms. The molecule has 4 aliphatic heterocycles. The molecule has 2 spiro atoms. The Kier molecular flexibility index (Phi) is 22.8. The second-order valence-corrected chi connectivity index (χ2v) is 42.2. The second-order valence-electron chi connectivity index (χ2n) is 27.3. The molecule has 4 fully saturated rings. The molecule has 0 unspecified atom stereocenters. The van der Waals surface area contributed by atoms with Crippen LogP contribution < -0.4 is 0 Å². The van der Waals surface area contributed by atoms with Crippen LogP contribution in [0.5, 0.6) is 0 Å². The van der Waals surface area contributed by atoms with Crippen molar-refractivity contribution in [2.24, 2.45) is 11.8 Å². The molecule has 0 radical (unpaired) electrons. The summed E-state index contributed by atoms with van der Waals surface area (Å²) in [7, 11) is -4.85. The normalized spacial score (nSPS) is 32.1. The average molecular weight is 1100 g/mol. The van der Waals surface area contributed by atoms with E-state index in [2.05, 4.69) is 110 Å². The lowest BCUT2D eigenvalue weighted by Crippen LogP contribution is -2.61. The van der Waals surface area contributed by atoms with E-state index in [0.29, 0.717) is 68.2 Å². The molecule has 0 aromatic rings. The maximum Gasteiger partial charge on any atom is 0.308 e. The smallest absolute Gasteiger partial charge is 0.308 e. The van der Waals surface area contributed by atoms with Crippen molar-refractivity contribution in [3.8, 4) is 0 Å². The van der Waals surface area contributed by atoms with Gasteiger partial charge in [0.25, 0.3) is 0 Å². The van der Waals surface area contributed by atoms with Gasteiger partial charge in [-0.2, -0.15) is 0 Å². The lowest BCUT2D eigenvalue weighted by Gasteiger charge is -2.54. The summed E-state index contributed by atoms with van der Waals surface area (Å²) in [5.41, 5.74) is 0.706. The third-order valence-electron chi connectivity index (χ3n) is 18.2. The van der Waals surface area contributed by atoms with Gasteiger partial charge in [-0.15, -0.1) is 0 Å². The van der Waals surface area contributed by atoms with Gasteiger partial charge in [0.05, 0.1) is 67.5 Å². The van der Waals surface area contributed by atoms with E-state index < -0.39 is 90.1 Å². The Morgan fingerprint density at radius 3 is 1.74 bits per heavy atom. The number of aliphatic hydroxyl groups is 2. The van der Waals surface area contributed by atoms with Gasteiger partial charge in [0.1, 0.15) is 11.4 Å². The molecule has 13 nitrogen and oxygen atoms in total. The number of methoxy groups -OCH3 is 1. The number of carbonyl (C=O) groups excluding carboxylic acids is 2. The summed E-state index contributed by atoms with van der Waals surface area (Å²) in [6.07, 6.45) is 0.278. The molecule has 4 rings (SSSR count). The second kappa shape index (κ2) is 25.7. The molecular formula is C58H110O13Si3. The van der Waals surface area contributed by atoms with Crippen LogP contribution in [0.15, 0.2) is 12.2 Å². The molecule has 0 aromatic carbocycles. The molecular weight excluding hydrogens is 989 g/mol. The first-order chi connectivity index (χ1) is 33.9. The van der Waals surface area contributed by atoms with Gasteiger partial charge in [0.15, 0.2) is 36.5 Å². The standard InChI is InChI=1S/C58H110O13Si3/c1-23-73(24-2,25-3)71-56(19)33-48(67-58(37-56)32-44(59)27-45(66-58)31-52(61)69-54(13,14)15)26-41(10)42(11)53(62)43(12)51(60)30-46-28-47(63-20)34-57(65-46)35-49(70-72(21,22)55(16,17)18)29-50(68-57)36-64-74(38(4)5,39(6)7)40(8)9/h38-40,42-50,53,59,62H,10,23-37H2,1-9,11-22H3/t42-,43-,44+,45-,46+,47+,48+,49+,50-,53+,56+,57-,58-/m1/s1. The van der Waals surface area contributed by atoms with Gasteiger partial charge in [-0.1, -0.05) is 109 Å². The number of aliphatic hydroxyl groups excluding tert-OH is 2. The van der Waals surface area contributed by atoms with E-state index in [9.17, 15) is 19.8 Å². The molecule has 0 aliphatic carbocycles. The minimum Gasteiger partial charge on any atom is -0.460 e. The van der Waals surface area contributed by atoms with Crippen molar-refractivity contribution in [2.45, 2.75) is 320 Å². The molecule has 432 valence electrons. The largest absolute Gasteiger partial charge is 0.460 e. The van der Waals surface area contributed by atoms with Gasteiger partial charge in [-0.05, 0) is 87.0 Å². The van der Waals surface area contributed by atoms with Crippen LogP contribution in [0, 0.1) is 11.8 Å². The van der Waals surface area contributed by atoms with Crippen LogP contribution in [0.2, 0.25) is 52.9 Å². The Morgan fingerprint density at radius 2 is 1.22 bits per heavy atom. The Morgan fingerprint density at radius 1 is 0.703 bits per heavy atom. The van der Waals surface area contributed by atoms with Crippen LogP contribution in [-0.2, 0) is 51.3 Å². The molecule has 13 atom stereocenters. The van der Waals surface area contributed by atoms with E-state index >= 15 is 0 Å². The molecule has 2 N–H and O–H groups in total. The number of hydrogen-bond donors (Lipinski definition) is 2. The lowest BCUT2D eigenvalue weighted by atomic mass is 9.78. The van der Waals surface area contributed by atoms with Gasteiger partial charge >= 0.3 is 5.97 Å². The molecule has 4 heterocycles. The molecule has 0 bridgehead atoms. The SMILES string of the molecule is C=C(C[C@H]1C[C@](C)(O[Si](CC)(CC)CC)C[C@@]2(C[C@@H](O)C[C@H](CC(=O)OC(C)(C)C)O2)O1)[C@@H](C)[C@H](O)[C@H](C)C(=O)C[C@@H]1C[C@H](OC)C[C@@]2(C[C@@H](O[Si](C)(C)C(C)(C)C)C[C@H](CO[Si](C(C)C)(C(C)C)C(C)C)O2)O1. The van der Waals surface area contributed by atoms with E-state index in [1.165, 1.54) is 0 Å². The van der Waals surface area contributed by atoms with Gasteiger partial charge in [-0.25, -0.2) is 0 Å². The van der Waals surface area contributed by atoms with E-state index in [1.54, 1.807) is 14.0 Å². The van der Waals surface area contributed by atoms with Crippen LogP contribution in [0.25, 0.3) is 0 Å². The zero-order chi connectivity index (χ0) is 56.2. The number of ether oxygens (including phenoxy) is 6. The van der Waals surface area contributed by atoms with E-state index in [0.717, 1.165) is 23.7 Å². The summed E-state index contributed by atoms with van der Waals surface area (Å²) >= 11 is 0. The van der Waals surface area contributed by atoms with Crippen molar-refractivity contribution in [1.29, 1.82) is 0 Å². The first-order valence-corrected chi connectivity index (χ1v) is 36.6. The zero-order valence-corrected chi connectivity index (χ0v) is 53.7. The quantitative estimate of drug-likeness (QED) is 0.0535. The highest BCUT2D eigenvalue weighted by Crippen LogP contribution is 2.50. The Labute approximate surface area is 453 Å². The van der Waals surface area contributed by atoms with Crippen LogP contribution in [0.4, 0.5) is 0 Å². The molecule has 16 heteroatoms. The maximum atomic E-state index is 14.5. The average Bonchev–Trinajstić information content (AvgIpc) is 3.25. The summed E-state index contributed by atoms with van der Waals surface area (Å²) in [4.78, 5) is 27.6. The summed E-state index contributed by atoms with van der Waals surface area (Å²) < 4.78 is 61.4. The monoisotopic (exact) mass is 1100 g/mol. The minimum atomic E-state index is -2.22. The number of Topliss-reactive ketones (excluding diaryl/α,β-unsaturated/α-hetero) is 1. The van der Waals surface area contributed by atoms with Crippen LogP contribution in [0.3, 0.4) is 0 Å².